The molecule has 1 aromatic heterocycles. The molecule has 2 aliphatic heterocycles. The molecular formula is C16H22N4O3. The van der Waals surface area contributed by atoms with E-state index in [1.54, 1.807) is 25.7 Å². The summed E-state index contributed by atoms with van der Waals surface area (Å²) in [5.41, 5.74) is 0.588. The van der Waals surface area contributed by atoms with Gasteiger partial charge in [-0.05, 0) is 25.7 Å². The molecule has 3 rings (SSSR count). The van der Waals surface area contributed by atoms with Crippen LogP contribution in [0.4, 0.5) is 5.82 Å². The fourth-order valence-corrected chi connectivity index (χ4v) is 3.00. The van der Waals surface area contributed by atoms with Gasteiger partial charge in [-0.15, -0.1) is 0 Å². The lowest BCUT2D eigenvalue weighted by molar-refractivity contribution is -0.118. The third kappa shape index (κ3) is 3.55. The van der Waals surface area contributed by atoms with Crippen LogP contribution in [0.2, 0.25) is 0 Å². The number of carbonyl (C=O) groups is 1. The van der Waals surface area contributed by atoms with Crippen molar-refractivity contribution >= 4 is 11.7 Å². The Morgan fingerprint density at radius 2 is 2.30 bits per heavy atom. The number of hydrogen-bond acceptors (Lipinski definition) is 5. The standard InChI is InChI=1S/C16H22N4O3/c1-19-8-6-17-14(16(19)22)20-7-2-5-13(10-20)18-15(21)12-4-3-9-23-11-12/h6,8,11,13H,2-5,7,9-10H2,1H3,(H,18,21). The number of amides is 1. The third-order valence-corrected chi connectivity index (χ3v) is 4.28. The number of ether oxygens (including phenoxy) is 1. The van der Waals surface area contributed by atoms with E-state index in [-0.39, 0.29) is 17.5 Å². The summed E-state index contributed by atoms with van der Waals surface area (Å²) in [5, 5.41) is 3.06. The zero-order chi connectivity index (χ0) is 16.2. The third-order valence-electron chi connectivity index (χ3n) is 4.28. The van der Waals surface area contributed by atoms with Gasteiger partial charge in [0.05, 0.1) is 18.4 Å². The Balaban J connectivity index is 1.66. The molecule has 7 heteroatoms. The van der Waals surface area contributed by atoms with Crippen LogP contribution in [0, 0.1) is 0 Å². The smallest absolute Gasteiger partial charge is 0.293 e. The Labute approximate surface area is 135 Å². The largest absolute Gasteiger partial charge is 0.501 e. The minimum atomic E-state index is -0.108. The van der Waals surface area contributed by atoms with E-state index in [1.807, 2.05) is 4.90 Å². The first kappa shape index (κ1) is 15.6. The first-order chi connectivity index (χ1) is 11.1. The van der Waals surface area contributed by atoms with E-state index in [0.29, 0.717) is 24.5 Å². The van der Waals surface area contributed by atoms with E-state index in [9.17, 15) is 9.59 Å². The molecule has 1 amide bonds. The molecule has 0 spiro atoms. The molecule has 2 aliphatic rings. The van der Waals surface area contributed by atoms with E-state index >= 15 is 0 Å². The molecule has 0 aliphatic carbocycles. The number of aryl methyl sites for hydroxylation is 1. The van der Waals surface area contributed by atoms with Gasteiger partial charge in [0.2, 0.25) is 0 Å². The summed E-state index contributed by atoms with van der Waals surface area (Å²) in [6, 6.07) is 0.0192. The molecule has 1 aromatic rings. The van der Waals surface area contributed by atoms with Gasteiger partial charge in [-0.25, -0.2) is 4.98 Å². The monoisotopic (exact) mass is 318 g/mol. The van der Waals surface area contributed by atoms with E-state index in [4.69, 9.17) is 4.74 Å². The van der Waals surface area contributed by atoms with Gasteiger partial charge in [0.15, 0.2) is 5.82 Å². The van der Waals surface area contributed by atoms with Crippen molar-refractivity contribution in [1.82, 2.24) is 14.9 Å². The van der Waals surface area contributed by atoms with Crippen molar-refractivity contribution in [1.29, 1.82) is 0 Å². The minimum absolute atomic E-state index is 0.0192. The first-order valence-corrected chi connectivity index (χ1v) is 8.03. The molecule has 1 atom stereocenters. The van der Waals surface area contributed by atoms with E-state index in [0.717, 1.165) is 32.2 Å². The quantitative estimate of drug-likeness (QED) is 0.881. The Morgan fingerprint density at radius 1 is 1.43 bits per heavy atom. The van der Waals surface area contributed by atoms with Crippen LogP contribution in [-0.2, 0) is 16.6 Å². The number of anilines is 1. The van der Waals surface area contributed by atoms with Gasteiger partial charge in [0, 0.05) is 38.6 Å². The summed E-state index contributed by atoms with van der Waals surface area (Å²) in [5.74, 6) is 0.389. The second kappa shape index (κ2) is 6.85. The van der Waals surface area contributed by atoms with Crippen LogP contribution in [-0.4, -0.2) is 41.2 Å². The Hall–Kier alpha value is -2.31. The Morgan fingerprint density at radius 3 is 3.09 bits per heavy atom. The summed E-state index contributed by atoms with van der Waals surface area (Å²) < 4.78 is 6.75. The molecule has 7 nitrogen and oxygen atoms in total. The Bertz CT molecular complexity index is 668. The van der Waals surface area contributed by atoms with Gasteiger partial charge >= 0.3 is 0 Å². The lowest BCUT2D eigenvalue weighted by Gasteiger charge is -2.33. The van der Waals surface area contributed by atoms with Crippen molar-refractivity contribution in [3.63, 3.8) is 0 Å². The van der Waals surface area contributed by atoms with E-state index in [1.165, 1.54) is 4.57 Å². The molecular weight excluding hydrogens is 296 g/mol. The van der Waals surface area contributed by atoms with Crippen LogP contribution in [0.3, 0.4) is 0 Å². The predicted octanol–water partition coefficient (Wildman–Crippen LogP) is 0.560. The number of piperidine rings is 1. The normalized spacial score (nSPS) is 21.3. The van der Waals surface area contributed by atoms with Crippen molar-refractivity contribution in [3.8, 4) is 0 Å². The SMILES string of the molecule is Cn1ccnc(N2CCCC(NC(=O)C3=COCCC3)C2)c1=O. The van der Waals surface area contributed by atoms with Crippen LogP contribution in [0.5, 0.6) is 0 Å². The average molecular weight is 318 g/mol. The number of carbonyl (C=O) groups excluding carboxylic acids is 1. The van der Waals surface area contributed by atoms with Crippen molar-refractivity contribution in [3.05, 3.63) is 34.6 Å². The molecule has 0 aromatic carbocycles. The highest BCUT2D eigenvalue weighted by molar-refractivity contribution is 5.93. The van der Waals surface area contributed by atoms with Gasteiger partial charge < -0.3 is 19.5 Å². The van der Waals surface area contributed by atoms with Gasteiger partial charge in [-0.2, -0.15) is 0 Å². The second-order valence-corrected chi connectivity index (χ2v) is 6.04. The average Bonchev–Trinajstić information content (AvgIpc) is 2.58. The van der Waals surface area contributed by atoms with Crippen molar-refractivity contribution in [2.45, 2.75) is 31.7 Å². The molecule has 0 saturated carbocycles. The number of hydrogen-bond donors (Lipinski definition) is 1. The lowest BCUT2D eigenvalue weighted by atomic mass is 10.0. The van der Waals surface area contributed by atoms with Gasteiger partial charge in [0.1, 0.15) is 0 Å². The number of nitrogens with zero attached hydrogens (tertiary/aromatic N) is 3. The van der Waals surface area contributed by atoms with Gasteiger partial charge in [0.25, 0.3) is 11.5 Å². The predicted molar refractivity (Wildman–Crippen MR) is 86.1 cm³/mol. The molecule has 1 N–H and O–H groups in total. The highest BCUT2D eigenvalue weighted by atomic mass is 16.5. The highest BCUT2D eigenvalue weighted by Crippen LogP contribution is 2.16. The summed E-state index contributed by atoms with van der Waals surface area (Å²) in [6.45, 7) is 2.06. The maximum Gasteiger partial charge on any atom is 0.293 e. The highest BCUT2D eigenvalue weighted by Gasteiger charge is 2.25. The van der Waals surface area contributed by atoms with Crippen molar-refractivity contribution < 1.29 is 9.53 Å². The Kier molecular flexibility index (Phi) is 4.64. The van der Waals surface area contributed by atoms with Crippen molar-refractivity contribution in [2.24, 2.45) is 7.05 Å². The van der Waals surface area contributed by atoms with E-state index in [2.05, 4.69) is 10.3 Å². The maximum atomic E-state index is 12.3. The maximum absolute atomic E-state index is 12.3. The van der Waals surface area contributed by atoms with Gasteiger partial charge in [-0.1, -0.05) is 0 Å². The molecule has 124 valence electrons. The summed E-state index contributed by atoms with van der Waals surface area (Å²) >= 11 is 0. The fourth-order valence-electron chi connectivity index (χ4n) is 3.00. The summed E-state index contributed by atoms with van der Waals surface area (Å²) in [6.07, 6.45) is 8.29. The molecule has 1 saturated heterocycles. The number of aromatic nitrogens is 2. The first-order valence-electron chi connectivity index (χ1n) is 8.03. The molecule has 1 unspecified atom stereocenters. The molecule has 0 bridgehead atoms. The summed E-state index contributed by atoms with van der Waals surface area (Å²) in [4.78, 5) is 30.6. The minimum Gasteiger partial charge on any atom is -0.501 e. The molecule has 1 fully saturated rings. The van der Waals surface area contributed by atoms with Crippen LogP contribution in [0.1, 0.15) is 25.7 Å². The fraction of sp³-hybridized carbons (Fsp3) is 0.562. The molecule has 0 radical (unpaired) electrons. The van der Waals surface area contributed by atoms with E-state index < -0.39 is 0 Å². The molecule has 3 heterocycles. The lowest BCUT2D eigenvalue weighted by Crippen LogP contribution is -2.49. The van der Waals surface area contributed by atoms with Crippen LogP contribution in [0.25, 0.3) is 0 Å². The summed E-state index contributed by atoms with van der Waals surface area (Å²) in [7, 11) is 1.71. The number of nitrogens with one attached hydrogen (secondary N) is 1. The second-order valence-electron chi connectivity index (χ2n) is 6.04. The van der Waals surface area contributed by atoms with Crippen LogP contribution in [0.15, 0.2) is 29.0 Å². The zero-order valence-electron chi connectivity index (χ0n) is 13.3. The zero-order valence-corrected chi connectivity index (χ0v) is 13.3. The van der Waals surface area contributed by atoms with Crippen molar-refractivity contribution in [2.75, 3.05) is 24.6 Å². The van der Waals surface area contributed by atoms with Crippen LogP contribution >= 0.6 is 0 Å². The molecule has 23 heavy (non-hydrogen) atoms. The number of rotatable bonds is 3. The van der Waals surface area contributed by atoms with Gasteiger partial charge in [-0.3, -0.25) is 9.59 Å². The van der Waals surface area contributed by atoms with Crippen LogP contribution < -0.4 is 15.8 Å². The topological polar surface area (TPSA) is 76.5 Å².